The molecule has 0 aromatic carbocycles. The smallest absolute Gasteiger partial charge is 0.191 e. The molecule has 1 aromatic rings. The van der Waals surface area contributed by atoms with Crippen LogP contribution in [0, 0.1) is 0 Å². The van der Waals surface area contributed by atoms with Gasteiger partial charge in [0.1, 0.15) is 0 Å². The number of hydrogen-bond donors (Lipinski definition) is 2. The summed E-state index contributed by atoms with van der Waals surface area (Å²) in [4.78, 5) is 9.39. The third-order valence-electron chi connectivity index (χ3n) is 3.99. The van der Waals surface area contributed by atoms with Crippen LogP contribution >= 0.6 is 11.3 Å². The Morgan fingerprint density at radius 1 is 1.36 bits per heavy atom. The van der Waals surface area contributed by atoms with Crippen molar-refractivity contribution in [2.24, 2.45) is 4.99 Å². The molecule has 2 rings (SSSR count). The molecule has 0 amide bonds. The summed E-state index contributed by atoms with van der Waals surface area (Å²) < 4.78 is 0. The Kier molecular flexibility index (Phi) is 7.16. The fourth-order valence-electron chi connectivity index (χ4n) is 2.75. The number of aliphatic imine (C=N–C) groups is 1. The Balaban J connectivity index is 1.83. The van der Waals surface area contributed by atoms with Gasteiger partial charge >= 0.3 is 0 Å². The summed E-state index contributed by atoms with van der Waals surface area (Å²) >= 11 is 1.76. The van der Waals surface area contributed by atoms with Crippen LogP contribution in [0.15, 0.2) is 10.4 Å². The molecule has 2 N–H and O–H groups in total. The van der Waals surface area contributed by atoms with Crippen LogP contribution in [0.5, 0.6) is 0 Å². The maximum absolute atomic E-state index is 4.72. The molecule has 22 heavy (non-hydrogen) atoms. The molecule has 1 aliphatic rings. The minimum Gasteiger partial charge on any atom is -0.357 e. The second-order valence-corrected chi connectivity index (χ2v) is 7.21. The van der Waals surface area contributed by atoms with E-state index in [1.54, 1.807) is 11.3 Å². The van der Waals surface area contributed by atoms with Gasteiger partial charge in [0.05, 0.1) is 10.7 Å². The van der Waals surface area contributed by atoms with Crippen LogP contribution in [-0.4, -0.2) is 30.1 Å². The Hall–Kier alpha value is -1.10. The molecule has 0 spiro atoms. The highest BCUT2D eigenvalue weighted by Crippen LogP contribution is 2.19. The monoisotopic (exact) mass is 322 g/mol. The zero-order valence-corrected chi connectivity index (χ0v) is 15.0. The van der Waals surface area contributed by atoms with Crippen molar-refractivity contribution in [2.75, 3.05) is 13.1 Å². The quantitative estimate of drug-likeness (QED) is 0.620. The van der Waals surface area contributed by atoms with Crippen LogP contribution in [0.2, 0.25) is 0 Å². The zero-order chi connectivity index (χ0) is 15.8. The molecular weight excluding hydrogens is 292 g/mol. The van der Waals surface area contributed by atoms with E-state index < -0.39 is 0 Å². The minimum atomic E-state index is 0.521. The maximum atomic E-state index is 4.72. The van der Waals surface area contributed by atoms with Crippen LogP contribution in [0.1, 0.15) is 69.5 Å². The van der Waals surface area contributed by atoms with Crippen molar-refractivity contribution in [3.63, 3.8) is 0 Å². The Labute approximate surface area is 138 Å². The molecule has 1 aliphatic carbocycles. The van der Waals surface area contributed by atoms with Crippen LogP contribution in [0.4, 0.5) is 0 Å². The molecule has 0 aliphatic heterocycles. The summed E-state index contributed by atoms with van der Waals surface area (Å²) in [6.45, 7) is 8.21. The van der Waals surface area contributed by atoms with E-state index in [4.69, 9.17) is 4.99 Å². The van der Waals surface area contributed by atoms with Crippen molar-refractivity contribution in [2.45, 2.75) is 71.3 Å². The first-order valence-electron chi connectivity index (χ1n) is 8.68. The molecule has 124 valence electrons. The lowest BCUT2D eigenvalue weighted by atomic mass is 9.96. The number of rotatable bonds is 6. The maximum Gasteiger partial charge on any atom is 0.191 e. The van der Waals surface area contributed by atoms with Gasteiger partial charge in [0.2, 0.25) is 0 Å². The lowest BCUT2D eigenvalue weighted by Gasteiger charge is -2.24. The predicted octanol–water partition coefficient (Wildman–Crippen LogP) is 3.70. The lowest BCUT2D eigenvalue weighted by Crippen LogP contribution is -2.44. The Morgan fingerprint density at radius 2 is 2.14 bits per heavy atom. The van der Waals surface area contributed by atoms with Crippen LogP contribution in [-0.2, 0) is 6.42 Å². The van der Waals surface area contributed by atoms with E-state index in [2.05, 4.69) is 41.8 Å². The first kappa shape index (κ1) is 17.3. The summed E-state index contributed by atoms with van der Waals surface area (Å²) in [6, 6.07) is 0.596. The van der Waals surface area contributed by atoms with Crippen molar-refractivity contribution in [1.82, 2.24) is 15.6 Å². The van der Waals surface area contributed by atoms with E-state index in [0.29, 0.717) is 12.0 Å². The molecule has 0 radical (unpaired) electrons. The van der Waals surface area contributed by atoms with Crippen LogP contribution < -0.4 is 10.6 Å². The van der Waals surface area contributed by atoms with Gasteiger partial charge in [-0.25, -0.2) is 4.98 Å². The van der Waals surface area contributed by atoms with E-state index in [-0.39, 0.29) is 0 Å². The SMILES string of the molecule is CCNC(=NCCc1csc(C(C)C)n1)NC1CCCCC1. The summed E-state index contributed by atoms with van der Waals surface area (Å²) in [5, 5.41) is 10.3. The lowest BCUT2D eigenvalue weighted by molar-refractivity contribution is 0.410. The van der Waals surface area contributed by atoms with Gasteiger partial charge < -0.3 is 10.6 Å². The number of thiazole rings is 1. The molecule has 0 unspecified atom stereocenters. The van der Waals surface area contributed by atoms with Gasteiger partial charge in [-0.3, -0.25) is 4.99 Å². The third kappa shape index (κ3) is 5.59. The van der Waals surface area contributed by atoms with Gasteiger partial charge in [0.15, 0.2) is 5.96 Å². The largest absolute Gasteiger partial charge is 0.357 e. The van der Waals surface area contributed by atoms with Crippen molar-refractivity contribution >= 4 is 17.3 Å². The van der Waals surface area contributed by atoms with Crippen LogP contribution in [0.25, 0.3) is 0 Å². The molecule has 1 heterocycles. The minimum absolute atomic E-state index is 0.521. The second kappa shape index (κ2) is 9.13. The normalized spacial score (nSPS) is 17.0. The first-order valence-corrected chi connectivity index (χ1v) is 9.56. The molecule has 1 saturated carbocycles. The number of nitrogens with one attached hydrogen (secondary N) is 2. The summed E-state index contributed by atoms with van der Waals surface area (Å²) in [5.74, 6) is 1.49. The van der Waals surface area contributed by atoms with E-state index in [1.165, 1.54) is 42.8 Å². The van der Waals surface area contributed by atoms with Crippen LogP contribution in [0.3, 0.4) is 0 Å². The summed E-state index contributed by atoms with van der Waals surface area (Å²) in [6.07, 6.45) is 7.53. The summed E-state index contributed by atoms with van der Waals surface area (Å²) in [5.41, 5.74) is 1.17. The number of nitrogens with zero attached hydrogens (tertiary/aromatic N) is 2. The van der Waals surface area contributed by atoms with Crippen molar-refractivity contribution in [1.29, 1.82) is 0 Å². The standard InChI is InChI=1S/C17H30N4S/c1-4-18-17(21-14-8-6-5-7-9-14)19-11-10-15-12-22-16(20-15)13(2)3/h12-14H,4-11H2,1-3H3,(H2,18,19,21). The summed E-state index contributed by atoms with van der Waals surface area (Å²) in [7, 11) is 0. The van der Waals surface area contributed by atoms with Gasteiger partial charge in [-0.1, -0.05) is 33.1 Å². The Bertz CT molecular complexity index is 461. The molecule has 0 atom stereocenters. The molecule has 0 bridgehead atoms. The predicted molar refractivity (Wildman–Crippen MR) is 95.9 cm³/mol. The molecular formula is C17H30N4S. The van der Waals surface area contributed by atoms with E-state index in [0.717, 1.165) is 25.5 Å². The van der Waals surface area contributed by atoms with Gasteiger partial charge in [0, 0.05) is 36.9 Å². The fraction of sp³-hybridized carbons (Fsp3) is 0.765. The van der Waals surface area contributed by atoms with Gasteiger partial charge in [-0.05, 0) is 19.8 Å². The Morgan fingerprint density at radius 3 is 2.77 bits per heavy atom. The molecule has 1 fully saturated rings. The van der Waals surface area contributed by atoms with Crippen molar-refractivity contribution < 1.29 is 0 Å². The van der Waals surface area contributed by atoms with E-state index in [1.807, 2.05) is 0 Å². The molecule has 4 nitrogen and oxygen atoms in total. The van der Waals surface area contributed by atoms with Crippen molar-refractivity contribution in [3.05, 3.63) is 16.1 Å². The molecule has 0 saturated heterocycles. The number of guanidine groups is 1. The molecule has 5 heteroatoms. The zero-order valence-electron chi connectivity index (χ0n) is 14.2. The fourth-order valence-corrected chi connectivity index (χ4v) is 3.61. The van der Waals surface area contributed by atoms with E-state index in [9.17, 15) is 0 Å². The van der Waals surface area contributed by atoms with E-state index >= 15 is 0 Å². The average molecular weight is 323 g/mol. The third-order valence-corrected chi connectivity index (χ3v) is 5.19. The van der Waals surface area contributed by atoms with Gasteiger partial charge in [0.25, 0.3) is 0 Å². The second-order valence-electron chi connectivity index (χ2n) is 6.32. The van der Waals surface area contributed by atoms with Gasteiger partial charge in [-0.15, -0.1) is 11.3 Å². The topological polar surface area (TPSA) is 49.3 Å². The highest BCUT2D eigenvalue weighted by molar-refractivity contribution is 7.09. The number of hydrogen-bond acceptors (Lipinski definition) is 3. The highest BCUT2D eigenvalue weighted by atomic mass is 32.1. The first-order chi connectivity index (χ1) is 10.7. The average Bonchev–Trinajstić information content (AvgIpc) is 2.98. The number of aromatic nitrogens is 1. The highest BCUT2D eigenvalue weighted by Gasteiger charge is 2.14. The van der Waals surface area contributed by atoms with Crippen molar-refractivity contribution in [3.8, 4) is 0 Å². The van der Waals surface area contributed by atoms with Gasteiger partial charge in [-0.2, -0.15) is 0 Å². The molecule has 1 aromatic heterocycles.